The van der Waals surface area contributed by atoms with Gasteiger partial charge in [-0.1, -0.05) is 39.2 Å². The predicted molar refractivity (Wildman–Crippen MR) is 138 cm³/mol. The molecule has 3 amide bonds. The van der Waals surface area contributed by atoms with Crippen LogP contribution in [0.2, 0.25) is 0 Å². The molecule has 0 radical (unpaired) electrons. The average Bonchev–Trinajstić information content (AvgIpc) is 3.35. The molecule has 2 fully saturated rings. The van der Waals surface area contributed by atoms with Crippen LogP contribution in [0.25, 0.3) is 5.57 Å². The molecule has 1 aliphatic carbocycles. The van der Waals surface area contributed by atoms with E-state index in [4.69, 9.17) is 5.73 Å². The summed E-state index contributed by atoms with van der Waals surface area (Å²) in [5.74, 6) is -2.80. The molecule has 11 nitrogen and oxygen atoms in total. The Morgan fingerprint density at radius 2 is 1.95 bits per heavy atom. The standard InChI is InChI=1S/C25H34FN5O6S/c1-14(2)23(27)25(35)28-11-21(34)30-12-16(10-17(30)7-6-15-4-3-5-15)18-8-9-19(32)24(22(18)26)31-13-20(33)29-38(31,36)37/h8-10,14-15,17,23,32H,3-7,11-13,27H2,1-2H3,(H,28,35)(H,29,33)/t17-,23-/m1/s1. The third-order valence-electron chi connectivity index (χ3n) is 7.50. The van der Waals surface area contributed by atoms with Gasteiger partial charge in [-0.2, -0.15) is 8.42 Å². The van der Waals surface area contributed by atoms with Crippen molar-refractivity contribution in [2.24, 2.45) is 17.6 Å². The van der Waals surface area contributed by atoms with Gasteiger partial charge in [0.2, 0.25) is 11.8 Å². The summed E-state index contributed by atoms with van der Waals surface area (Å²) < 4.78 is 42.6. The summed E-state index contributed by atoms with van der Waals surface area (Å²) in [6, 6.07) is 1.38. The van der Waals surface area contributed by atoms with Gasteiger partial charge in [0.05, 0.1) is 18.6 Å². The van der Waals surface area contributed by atoms with E-state index in [2.05, 4.69) is 5.32 Å². The van der Waals surface area contributed by atoms with Gasteiger partial charge in [0.25, 0.3) is 5.91 Å². The van der Waals surface area contributed by atoms with Crippen LogP contribution in [0.5, 0.6) is 5.75 Å². The van der Waals surface area contributed by atoms with Gasteiger partial charge in [0.1, 0.15) is 18.0 Å². The summed E-state index contributed by atoms with van der Waals surface area (Å²) in [5.41, 5.74) is 5.69. The van der Waals surface area contributed by atoms with Gasteiger partial charge in [0, 0.05) is 12.1 Å². The lowest BCUT2D eigenvalue weighted by atomic mass is 9.81. The van der Waals surface area contributed by atoms with Crippen LogP contribution in [0.15, 0.2) is 18.2 Å². The maximum Gasteiger partial charge on any atom is 0.326 e. The van der Waals surface area contributed by atoms with Gasteiger partial charge in [0.15, 0.2) is 5.82 Å². The quantitative estimate of drug-likeness (QED) is 0.356. The van der Waals surface area contributed by atoms with E-state index in [1.54, 1.807) is 29.5 Å². The Morgan fingerprint density at radius 1 is 1.24 bits per heavy atom. The number of nitrogens with one attached hydrogen (secondary N) is 2. The molecule has 2 heterocycles. The third kappa shape index (κ3) is 5.63. The van der Waals surface area contributed by atoms with Gasteiger partial charge in [-0.05, 0) is 42.4 Å². The van der Waals surface area contributed by atoms with Crippen molar-refractivity contribution in [2.45, 2.75) is 58.0 Å². The second-order valence-electron chi connectivity index (χ2n) is 10.5. The monoisotopic (exact) mass is 551 g/mol. The third-order valence-corrected chi connectivity index (χ3v) is 8.87. The van der Waals surface area contributed by atoms with Crippen molar-refractivity contribution in [3.05, 3.63) is 29.6 Å². The number of aromatic hydroxyl groups is 1. The van der Waals surface area contributed by atoms with Crippen LogP contribution >= 0.6 is 0 Å². The Bertz CT molecular complexity index is 1260. The van der Waals surface area contributed by atoms with Gasteiger partial charge in [-0.15, -0.1) is 0 Å². The Hall–Kier alpha value is -3.19. The van der Waals surface area contributed by atoms with E-state index in [0.717, 1.165) is 25.3 Å². The second-order valence-corrected chi connectivity index (χ2v) is 12.1. The molecule has 0 aromatic heterocycles. The lowest BCUT2D eigenvalue weighted by molar-refractivity contribution is -0.133. The molecule has 0 bridgehead atoms. The highest BCUT2D eigenvalue weighted by molar-refractivity contribution is 7.92. The first-order valence-corrected chi connectivity index (χ1v) is 14.2. The molecule has 5 N–H and O–H groups in total. The first-order valence-electron chi connectivity index (χ1n) is 12.8. The zero-order valence-electron chi connectivity index (χ0n) is 21.4. The molecule has 0 unspecified atom stereocenters. The normalized spacial score (nSPS) is 21.8. The molecule has 2 atom stereocenters. The zero-order chi connectivity index (χ0) is 27.8. The number of nitrogens with zero attached hydrogens (tertiary/aromatic N) is 2. The molecular weight excluding hydrogens is 517 g/mol. The molecule has 13 heteroatoms. The summed E-state index contributed by atoms with van der Waals surface area (Å²) in [6.45, 7) is 2.72. The number of carbonyl (C=O) groups is 3. The number of halogens is 1. The van der Waals surface area contributed by atoms with Gasteiger partial charge in [-0.3, -0.25) is 14.4 Å². The molecule has 4 rings (SSSR count). The number of carbonyl (C=O) groups excluding carboxylic acids is 3. The summed E-state index contributed by atoms with van der Waals surface area (Å²) in [4.78, 5) is 38.7. The van der Waals surface area contributed by atoms with E-state index in [1.165, 1.54) is 12.5 Å². The van der Waals surface area contributed by atoms with E-state index >= 15 is 4.39 Å². The van der Waals surface area contributed by atoms with Crippen molar-refractivity contribution in [3.63, 3.8) is 0 Å². The van der Waals surface area contributed by atoms with Crippen molar-refractivity contribution in [1.82, 2.24) is 14.9 Å². The minimum absolute atomic E-state index is 0.0159. The van der Waals surface area contributed by atoms with Crippen molar-refractivity contribution >= 4 is 39.2 Å². The molecule has 1 saturated carbocycles. The maximum absolute atomic E-state index is 15.7. The molecule has 1 saturated heterocycles. The molecule has 1 aromatic rings. The molecule has 2 aliphatic heterocycles. The van der Waals surface area contributed by atoms with Crippen LogP contribution in [0.4, 0.5) is 10.1 Å². The Balaban J connectivity index is 1.58. The van der Waals surface area contributed by atoms with Crippen molar-refractivity contribution < 1.29 is 32.3 Å². The van der Waals surface area contributed by atoms with Gasteiger partial charge in [-0.25, -0.2) is 13.4 Å². The molecule has 1 aromatic carbocycles. The molecule has 3 aliphatic rings. The summed E-state index contributed by atoms with van der Waals surface area (Å²) in [7, 11) is -4.35. The molecular formula is C25H34FN5O6S. The van der Waals surface area contributed by atoms with Crippen molar-refractivity contribution in [1.29, 1.82) is 0 Å². The number of phenolic OH excluding ortho intramolecular Hbond substituents is 1. The Kier molecular flexibility index (Phi) is 7.98. The highest BCUT2D eigenvalue weighted by atomic mass is 32.2. The fourth-order valence-corrected chi connectivity index (χ4v) is 6.08. The number of amides is 3. The fourth-order valence-electron chi connectivity index (χ4n) is 4.92. The highest BCUT2D eigenvalue weighted by Crippen LogP contribution is 2.40. The highest BCUT2D eigenvalue weighted by Gasteiger charge is 2.39. The van der Waals surface area contributed by atoms with E-state index in [1.807, 2.05) is 0 Å². The van der Waals surface area contributed by atoms with E-state index in [9.17, 15) is 27.9 Å². The lowest BCUT2D eigenvalue weighted by Crippen LogP contribution is -2.49. The minimum atomic E-state index is -4.35. The summed E-state index contributed by atoms with van der Waals surface area (Å²) in [6.07, 6.45) is 6.77. The first-order chi connectivity index (χ1) is 17.9. The van der Waals surface area contributed by atoms with Crippen LogP contribution in [0.3, 0.4) is 0 Å². The van der Waals surface area contributed by atoms with Crippen molar-refractivity contribution in [3.8, 4) is 5.75 Å². The number of anilines is 1. The summed E-state index contributed by atoms with van der Waals surface area (Å²) in [5, 5.41) is 12.9. The smallest absolute Gasteiger partial charge is 0.326 e. The van der Waals surface area contributed by atoms with Crippen LogP contribution in [-0.4, -0.2) is 67.9 Å². The number of hydrogen-bond acceptors (Lipinski definition) is 7. The topological polar surface area (TPSA) is 162 Å². The van der Waals surface area contributed by atoms with E-state index < -0.39 is 51.9 Å². The summed E-state index contributed by atoms with van der Waals surface area (Å²) >= 11 is 0. The fraction of sp³-hybridized carbons (Fsp3) is 0.560. The molecule has 208 valence electrons. The SMILES string of the molecule is CC(C)[C@@H](N)C(=O)NCC(=O)N1CC(c2ccc(O)c(N3CC(=O)NS3(=O)=O)c2F)=C[C@H]1CCC1CCC1. The van der Waals surface area contributed by atoms with Crippen LogP contribution in [0, 0.1) is 17.7 Å². The van der Waals surface area contributed by atoms with Crippen molar-refractivity contribution in [2.75, 3.05) is 23.9 Å². The van der Waals surface area contributed by atoms with Crippen LogP contribution < -0.4 is 20.1 Å². The van der Waals surface area contributed by atoms with Crippen LogP contribution in [-0.2, 0) is 24.6 Å². The van der Waals surface area contributed by atoms with Gasteiger partial charge >= 0.3 is 10.2 Å². The number of hydrogen-bond donors (Lipinski definition) is 4. The second kappa shape index (κ2) is 10.9. The van der Waals surface area contributed by atoms with Gasteiger partial charge < -0.3 is 21.1 Å². The zero-order valence-corrected chi connectivity index (χ0v) is 22.3. The molecule has 0 spiro atoms. The number of nitrogens with two attached hydrogens (primary N) is 1. The lowest BCUT2D eigenvalue weighted by Gasteiger charge is -2.30. The Morgan fingerprint density at radius 3 is 2.53 bits per heavy atom. The van der Waals surface area contributed by atoms with Crippen LogP contribution in [0.1, 0.15) is 51.5 Å². The number of rotatable bonds is 9. The molecule has 38 heavy (non-hydrogen) atoms. The predicted octanol–water partition coefficient (Wildman–Crippen LogP) is 0.986. The first kappa shape index (κ1) is 27.8. The minimum Gasteiger partial charge on any atom is -0.506 e. The van der Waals surface area contributed by atoms with E-state index in [0.29, 0.717) is 22.2 Å². The number of phenols is 1. The number of benzene rings is 1. The average molecular weight is 552 g/mol. The maximum atomic E-state index is 15.7. The Labute approximate surface area is 221 Å². The largest absolute Gasteiger partial charge is 0.506 e. The van der Waals surface area contributed by atoms with E-state index in [-0.39, 0.29) is 36.5 Å².